The first-order valence-corrected chi connectivity index (χ1v) is 10.5. The normalized spacial score (nSPS) is 17.3. The molecule has 2 heterocycles. The maximum Gasteiger partial charge on any atom is 0.283 e. The fourth-order valence-electron chi connectivity index (χ4n) is 2.94. The monoisotopic (exact) mass is 468 g/mol. The molecule has 146 valence electrons. The van der Waals surface area contributed by atoms with Gasteiger partial charge in [-0.15, -0.1) is 0 Å². The van der Waals surface area contributed by atoms with Crippen molar-refractivity contribution in [3.63, 3.8) is 0 Å². The van der Waals surface area contributed by atoms with Crippen molar-refractivity contribution in [1.29, 1.82) is 5.41 Å². The first kappa shape index (κ1) is 19.6. The zero-order chi connectivity index (χ0) is 20.5. The standard InChI is InChI=1S/C21H17BrN4O2S/c1-12-4-3-5-15(8-12)11-28-18-7-6-14(10-17(18)22)9-16-19(23)26-21(24-20(16)27)29-13(2)25-26/h3-10,23H,11H2,1-2H3/b16-9-,23-19?. The number of hydrogen-bond acceptors (Lipinski definition) is 5. The van der Waals surface area contributed by atoms with Crippen molar-refractivity contribution in [1.82, 2.24) is 5.01 Å². The van der Waals surface area contributed by atoms with Gasteiger partial charge in [-0.25, -0.2) is 0 Å². The smallest absolute Gasteiger partial charge is 0.283 e. The van der Waals surface area contributed by atoms with E-state index in [0.29, 0.717) is 17.5 Å². The highest BCUT2D eigenvalue weighted by molar-refractivity contribution is 9.10. The lowest BCUT2D eigenvalue weighted by Gasteiger charge is -2.20. The zero-order valence-corrected chi connectivity index (χ0v) is 18.2. The number of carbonyl (C=O) groups is 1. The highest BCUT2D eigenvalue weighted by atomic mass is 79.9. The second-order valence-corrected chi connectivity index (χ2v) is 8.62. The minimum absolute atomic E-state index is 0.0280. The topological polar surface area (TPSA) is 78.1 Å². The summed E-state index contributed by atoms with van der Waals surface area (Å²) in [5.41, 5.74) is 3.25. The van der Waals surface area contributed by atoms with Crippen molar-refractivity contribution >= 4 is 55.7 Å². The first-order valence-electron chi connectivity index (χ1n) is 8.85. The molecule has 0 unspecified atom stereocenters. The number of nitrogens with one attached hydrogen (secondary N) is 1. The number of amides is 1. The highest BCUT2D eigenvalue weighted by Gasteiger charge is 2.34. The molecule has 0 radical (unpaired) electrons. The molecule has 0 fully saturated rings. The largest absolute Gasteiger partial charge is 0.488 e. The molecule has 4 rings (SSSR count). The van der Waals surface area contributed by atoms with Crippen LogP contribution in [0.15, 0.2) is 62.6 Å². The van der Waals surface area contributed by atoms with Gasteiger partial charge >= 0.3 is 0 Å². The summed E-state index contributed by atoms with van der Waals surface area (Å²) < 4.78 is 6.67. The number of fused-ring (bicyclic) bond motifs is 1. The average Bonchev–Trinajstić information content (AvgIpc) is 3.05. The average molecular weight is 469 g/mol. The summed E-state index contributed by atoms with van der Waals surface area (Å²) in [6.07, 6.45) is 1.65. The number of rotatable bonds is 4. The van der Waals surface area contributed by atoms with E-state index in [1.54, 1.807) is 6.08 Å². The molecule has 1 N–H and O–H groups in total. The van der Waals surface area contributed by atoms with Crippen LogP contribution in [-0.4, -0.2) is 27.0 Å². The van der Waals surface area contributed by atoms with Gasteiger partial charge in [0, 0.05) is 0 Å². The molecule has 2 aromatic carbocycles. The van der Waals surface area contributed by atoms with E-state index in [2.05, 4.69) is 32.1 Å². The van der Waals surface area contributed by atoms with Crippen molar-refractivity contribution in [3.8, 4) is 5.75 Å². The Balaban J connectivity index is 1.53. The first-order chi connectivity index (χ1) is 13.9. The van der Waals surface area contributed by atoms with Crippen LogP contribution < -0.4 is 4.74 Å². The molecule has 0 saturated heterocycles. The third-order valence-electron chi connectivity index (χ3n) is 4.30. The lowest BCUT2D eigenvalue weighted by atomic mass is 10.1. The van der Waals surface area contributed by atoms with Crippen LogP contribution in [0.1, 0.15) is 23.6 Å². The third kappa shape index (κ3) is 4.18. The number of benzene rings is 2. The maximum atomic E-state index is 12.4. The number of aryl methyl sites for hydroxylation is 1. The lowest BCUT2D eigenvalue weighted by molar-refractivity contribution is -0.114. The molecule has 0 aromatic heterocycles. The number of halogens is 1. The van der Waals surface area contributed by atoms with E-state index >= 15 is 0 Å². The van der Waals surface area contributed by atoms with E-state index in [0.717, 1.165) is 20.6 Å². The molecule has 0 saturated carbocycles. The Morgan fingerprint density at radius 1 is 1.24 bits per heavy atom. The summed E-state index contributed by atoms with van der Waals surface area (Å²) in [5, 5.41) is 15.1. The molecule has 1 amide bonds. The predicted octanol–water partition coefficient (Wildman–Crippen LogP) is 4.98. The number of hydrazone groups is 1. The molecule has 2 aliphatic rings. The van der Waals surface area contributed by atoms with Gasteiger partial charge in [-0.3, -0.25) is 10.2 Å². The number of thioether (sulfide) groups is 1. The van der Waals surface area contributed by atoms with E-state index in [-0.39, 0.29) is 11.4 Å². The highest BCUT2D eigenvalue weighted by Crippen LogP contribution is 2.30. The van der Waals surface area contributed by atoms with Gasteiger partial charge < -0.3 is 4.74 Å². The number of amidine groups is 2. The molecule has 0 bridgehead atoms. The van der Waals surface area contributed by atoms with Gasteiger partial charge in [0.05, 0.1) is 15.1 Å². The van der Waals surface area contributed by atoms with E-state index in [9.17, 15) is 4.79 Å². The molecule has 0 aliphatic carbocycles. The van der Waals surface area contributed by atoms with Crippen molar-refractivity contribution < 1.29 is 9.53 Å². The fraction of sp³-hybridized carbons (Fsp3) is 0.143. The summed E-state index contributed by atoms with van der Waals surface area (Å²) >= 11 is 4.81. The second kappa shape index (κ2) is 7.96. The molecule has 2 aromatic rings. The van der Waals surface area contributed by atoms with Crippen LogP contribution in [0, 0.1) is 12.3 Å². The number of aliphatic imine (C=N–C) groups is 1. The Bertz CT molecular complexity index is 1120. The predicted molar refractivity (Wildman–Crippen MR) is 120 cm³/mol. The Morgan fingerprint density at radius 2 is 2.07 bits per heavy atom. The summed E-state index contributed by atoms with van der Waals surface area (Å²) in [6.45, 7) is 4.33. The molecule has 2 aliphatic heterocycles. The Labute approximate surface area is 181 Å². The summed E-state index contributed by atoms with van der Waals surface area (Å²) in [7, 11) is 0. The number of ether oxygens (including phenoxy) is 1. The maximum absolute atomic E-state index is 12.4. The van der Waals surface area contributed by atoms with E-state index in [1.165, 1.54) is 22.3 Å². The van der Waals surface area contributed by atoms with Gasteiger partial charge in [-0.05, 0) is 70.9 Å². The van der Waals surface area contributed by atoms with Crippen LogP contribution in [0.25, 0.3) is 6.08 Å². The molecular weight excluding hydrogens is 452 g/mol. The SMILES string of the molecule is CC1=NN2C(=N)/C(=C/c3ccc(OCc4cccc(C)c4)c(Br)c3)C(=O)N=C2S1. The minimum Gasteiger partial charge on any atom is -0.488 e. The van der Waals surface area contributed by atoms with Crippen LogP contribution in [0.5, 0.6) is 5.75 Å². The summed E-state index contributed by atoms with van der Waals surface area (Å²) in [5.74, 6) is 0.296. The summed E-state index contributed by atoms with van der Waals surface area (Å²) in [6, 6.07) is 13.7. The molecule has 6 nitrogen and oxygen atoms in total. The second-order valence-electron chi connectivity index (χ2n) is 6.61. The van der Waals surface area contributed by atoms with Crippen molar-refractivity contribution in [2.24, 2.45) is 10.1 Å². The minimum atomic E-state index is -0.436. The Kier molecular flexibility index (Phi) is 5.38. The van der Waals surface area contributed by atoms with E-state index in [4.69, 9.17) is 10.1 Å². The van der Waals surface area contributed by atoms with Crippen LogP contribution in [-0.2, 0) is 11.4 Å². The Morgan fingerprint density at radius 3 is 2.83 bits per heavy atom. The lowest BCUT2D eigenvalue weighted by Crippen LogP contribution is -2.35. The molecule has 8 heteroatoms. The third-order valence-corrected chi connectivity index (χ3v) is 5.74. The quantitative estimate of drug-likeness (QED) is 0.641. The van der Waals surface area contributed by atoms with Crippen LogP contribution in [0.3, 0.4) is 0 Å². The molecule has 0 atom stereocenters. The van der Waals surface area contributed by atoms with Gasteiger partial charge in [0.15, 0.2) is 5.84 Å². The van der Waals surface area contributed by atoms with E-state index in [1.807, 2.05) is 50.2 Å². The van der Waals surface area contributed by atoms with Crippen LogP contribution >= 0.6 is 27.7 Å². The number of hydrogen-bond donors (Lipinski definition) is 1. The van der Waals surface area contributed by atoms with Gasteiger partial charge in [0.25, 0.3) is 5.91 Å². The van der Waals surface area contributed by atoms with Crippen molar-refractivity contribution in [3.05, 3.63) is 69.2 Å². The zero-order valence-electron chi connectivity index (χ0n) is 15.8. The van der Waals surface area contributed by atoms with E-state index < -0.39 is 5.91 Å². The van der Waals surface area contributed by atoms with Crippen molar-refractivity contribution in [2.45, 2.75) is 20.5 Å². The number of nitrogens with zero attached hydrogens (tertiary/aromatic N) is 3. The van der Waals surface area contributed by atoms with Gasteiger partial charge in [-0.1, -0.05) is 35.9 Å². The summed E-state index contributed by atoms with van der Waals surface area (Å²) in [4.78, 5) is 16.4. The molecule has 29 heavy (non-hydrogen) atoms. The molecule has 0 spiro atoms. The Hall–Kier alpha value is -2.71. The molecular formula is C21H17BrN4O2S. The van der Waals surface area contributed by atoms with Crippen molar-refractivity contribution in [2.75, 3.05) is 0 Å². The van der Waals surface area contributed by atoms with Crippen LogP contribution in [0.4, 0.5) is 0 Å². The van der Waals surface area contributed by atoms with Crippen LogP contribution in [0.2, 0.25) is 0 Å². The van der Waals surface area contributed by atoms with Gasteiger partial charge in [0.2, 0.25) is 5.17 Å². The van der Waals surface area contributed by atoms with Gasteiger partial charge in [-0.2, -0.15) is 15.1 Å². The number of carbonyl (C=O) groups excluding carboxylic acids is 1. The fourth-order valence-corrected chi connectivity index (χ4v) is 4.19. The van der Waals surface area contributed by atoms with Gasteiger partial charge in [0.1, 0.15) is 12.4 Å².